The van der Waals surface area contributed by atoms with E-state index in [-0.39, 0.29) is 0 Å². The van der Waals surface area contributed by atoms with Crippen LogP contribution in [0.2, 0.25) is 0 Å². The summed E-state index contributed by atoms with van der Waals surface area (Å²) in [4.78, 5) is 1.28. The molecule has 1 aliphatic rings. The second-order valence-electron chi connectivity index (χ2n) is 4.54. The Kier molecular flexibility index (Phi) is 4.79. The molecular formula is C13H21NOS. The molecule has 1 saturated carbocycles. The van der Waals surface area contributed by atoms with E-state index in [1.807, 2.05) is 18.7 Å². The van der Waals surface area contributed by atoms with Crippen LogP contribution in [-0.2, 0) is 0 Å². The molecule has 2 rings (SSSR count). The lowest BCUT2D eigenvalue weighted by Crippen LogP contribution is -2.23. The van der Waals surface area contributed by atoms with E-state index < -0.39 is 0 Å². The van der Waals surface area contributed by atoms with Crippen molar-refractivity contribution in [3.05, 3.63) is 18.1 Å². The van der Waals surface area contributed by atoms with E-state index >= 15 is 0 Å². The lowest BCUT2D eigenvalue weighted by Gasteiger charge is -2.09. The summed E-state index contributed by atoms with van der Waals surface area (Å²) in [5.74, 6) is 3.12. The van der Waals surface area contributed by atoms with Crippen molar-refractivity contribution in [2.75, 3.05) is 18.8 Å². The van der Waals surface area contributed by atoms with Crippen LogP contribution in [0.15, 0.2) is 21.6 Å². The van der Waals surface area contributed by atoms with Crippen LogP contribution in [0, 0.1) is 12.8 Å². The van der Waals surface area contributed by atoms with E-state index in [4.69, 9.17) is 4.42 Å². The average molecular weight is 239 g/mol. The number of aryl methyl sites for hydroxylation is 1. The first kappa shape index (κ1) is 12.1. The Bertz CT molecular complexity index is 305. The summed E-state index contributed by atoms with van der Waals surface area (Å²) in [6.45, 7) is 4.34. The normalized spacial score (nSPS) is 17.1. The van der Waals surface area contributed by atoms with Crippen LogP contribution < -0.4 is 5.32 Å². The van der Waals surface area contributed by atoms with Crippen molar-refractivity contribution >= 4 is 11.8 Å². The maximum absolute atomic E-state index is 5.26. The molecule has 3 heteroatoms. The quantitative estimate of drug-likeness (QED) is 0.608. The fourth-order valence-corrected chi connectivity index (χ4v) is 3.15. The average Bonchev–Trinajstić information content (AvgIpc) is 2.90. The Balaban J connectivity index is 1.53. The van der Waals surface area contributed by atoms with Gasteiger partial charge in [0.25, 0.3) is 0 Å². The van der Waals surface area contributed by atoms with Crippen molar-refractivity contribution in [1.82, 2.24) is 5.32 Å². The zero-order valence-electron chi connectivity index (χ0n) is 10.00. The molecule has 16 heavy (non-hydrogen) atoms. The van der Waals surface area contributed by atoms with Gasteiger partial charge in [0.1, 0.15) is 5.76 Å². The van der Waals surface area contributed by atoms with E-state index in [9.17, 15) is 0 Å². The van der Waals surface area contributed by atoms with Gasteiger partial charge >= 0.3 is 0 Å². The standard InChI is InChI=1S/C13H21NOS/c1-11-13(6-8-15-11)16-9-7-14-10-12-4-2-3-5-12/h6,8,12,14H,2-5,7,9-10H2,1H3. The van der Waals surface area contributed by atoms with Crippen LogP contribution >= 0.6 is 11.8 Å². The highest BCUT2D eigenvalue weighted by atomic mass is 32.2. The molecule has 1 N–H and O–H groups in total. The first-order chi connectivity index (χ1) is 7.86. The Morgan fingerprint density at radius 3 is 2.94 bits per heavy atom. The second-order valence-corrected chi connectivity index (χ2v) is 5.68. The summed E-state index contributed by atoms with van der Waals surface area (Å²) < 4.78 is 5.26. The molecule has 0 aliphatic heterocycles. The maximum Gasteiger partial charge on any atom is 0.114 e. The van der Waals surface area contributed by atoms with Crippen molar-refractivity contribution < 1.29 is 4.42 Å². The number of nitrogens with one attached hydrogen (secondary N) is 1. The molecule has 1 heterocycles. The van der Waals surface area contributed by atoms with E-state index in [1.165, 1.54) is 37.1 Å². The van der Waals surface area contributed by atoms with E-state index in [0.717, 1.165) is 24.0 Å². The Morgan fingerprint density at radius 1 is 1.44 bits per heavy atom. The molecule has 0 atom stereocenters. The maximum atomic E-state index is 5.26. The molecule has 0 radical (unpaired) electrons. The van der Waals surface area contributed by atoms with Gasteiger partial charge in [-0.3, -0.25) is 0 Å². The third-order valence-corrected chi connectivity index (χ3v) is 4.40. The SMILES string of the molecule is Cc1occc1SCCNCC1CCCC1. The van der Waals surface area contributed by atoms with Crippen molar-refractivity contribution in [3.63, 3.8) is 0 Å². The number of hydrogen-bond donors (Lipinski definition) is 1. The van der Waals surface area contributed by atoms with Gasteiger partial charge in [0.2, 0.25) is 0 Å². The van der Waals surface area contributed by atoms with Crippen LogP contribution in [0.25, 0.3) is 0 Å². The highest BCUT2D eigenvalue weighted by molar-refractivity contribution is 7.99. The highest BCUT2D eigenvalue weighted by Crippen LogP contribution is 2.24. The van der Waals surface area contributed by atoms with Gasteiger partial charge in [-0.2, -0.15) is 0 Å². The van der Waals surface area contributed by atoms with Crippen LogP contribution in [0.1, 0.15) is 31.4 Å². The van der Waals surface area contributed by atoms with Crippen LogP contribution in [0.5, 0.6) is 0 Å². The smallest absolute Gasteiger partial charge is 0.114 e. The molecule has 0 aromatic carbocycles. The largest absolute Gasteiger partial charge is 0.468 e. The van der Waals surface area contributed by atoms with Gasteiger partial charge in [0.15, 0.2) is 0 Å². The molecule has 0 amide bonds. The fourth-order valence-electron chi connectivity index (χ4n) is 2.28. The lowest BCUT2D eigenvalue weighted by atomic mass is 10.1. The molecule has 1 fully saturated rings. The summed E-state index contributed by atoms with van der Waals surface area (Å²) in [5.41, 5.74) is 0. The molecule has 1 aromatic heterocycles. The van der Waals surface area contributed by atoms with E-state index in [0.29, 0.717) is 0 Å². The van der Waals surface area contributed by atoms with E-state index in [2.05, 4.69) is 11.4 Å². The molecule has 1 aromatic rings. The molecule has 0 unspecified atom stereocenters. The summed E-state index contributed by atoms with van der Waals surface area (Å²) in [6.07, 6.45) is 7.51. The van der Waals surface area contributed by atoms with Gasteiger partial charge in [-0.1, -0.05) is 12.8 Å². The van der Waals surface area contributed by atoms with Crippen LogP contribution in [0.4, 0.5) is 0 Å². The zero-order valence-corrected chi connectivity index (χ0v) is 10.8. The predicted octanol–water partition coefficient (Wildman–Crippen LogP) is 3.46. The van der Waals surface area contributed by atoms with Gasteiger partial charge in [0, 0.05) is 17.2 Å². The monoisotopic (exact) mass is 239 g/mol. The summed E-state index contributed by atoms with van der Waals surface area (Å²) in [5, 5.41) is 3.56. The van der Waals surface area contributed by atoms with Gasteiger partial charge in [-0.15, -0.1) is 11.8 Å². The van der Waals surface area contributed by atoms with Gasteiger partial charge in [-0.05, 0) is 38.3 Å². The third kappa shape index (κ3) is 3.56. The first-order valence-electron chi connectivity index (χ1n) is 6.24. The number of hydrogen-bond acceptors (Lipinski definition) is 3. The topological polar surface area (TPSA) is 25.2 Å². The van der Waals surface area contributed by atoms with Gasteiger partial charge in [0.05, 0.1) is 6.26 Å². The summed E-state index contributed by atoms with van der Waals surface area (Å²) >= 11 is 1.88. The summed E-state index contributed by atoms with van der Waals surface area (Å²) in [6, 6.07) is 2.05. The number of thioether (sulfide) groups is 1. The zero-order chi connectivity index (χ0) is 11.2. The molecular weight excluding hydrogens is 218 g/mol. The van der Waals surface area contributed by atoms with Crippen molar-refractivity contribution in [2.45, 2.75) is 37.5 Å². The number of rotatable bonds is 6. The molecule has 1 aliphatic carbocycles. The minimum Gasteiger partial charge on any atom is -0.468 e. The molecule has 90 valence electrons. The Hall–Kier alpha value is -0.410. The summed E-state index contributed by atoms with van der Waals surface area (Å²) in [7, 11) is 0. The van der Waals surface area contributed by atoms with Crippen molar-refractivity contribution in [3.8, 4) is 0 Å². The third-order valence-electron chi connectivity index (χ3n) is 3.26. The van der Waals surface area contributed by atoms with Crippen LogP contribution in [0.3, 0.4) is 0 Å². The minimum atomic E-state index is 0.945. The minimum absolute atomic E-state index is 0.945. The van der Waals surface area contributed by atoms with Gasteiger partial charge in [-0.25, -0.2) is 0 Å². The molecule has 0 spiro atoms. The van der Waals surface area contributed by atoms with Crippen molar-refractivity contribution in [2.24, 2.45) is 5.92 Å². The molecule has 2 nitrogen and oxygen atoms in total. The molecule has 0 bridgehead atoms. The predicted molar refractivity (Wildman–Crippen MR) is 69.0 cm³/mol. The van der Waals surface area contributed by atoms with Crippen LogP contribution in [-0.4, -0.2) is 18.8 Å². The lowest BCUT2D eigenvalue weighted by molar-refractivity contribution is 0.499. The number of furan rings is 1. The highest BCUT2D eigenvalue weighted by Gasteiger charge is 2.13. The van der Waals surface area contributed by atoms with Crippen molar-refractivity contribution in [1.29, 1.82) is 0 Å². The van der Waals surface area contributed by atoms with Gasteiger partial charge < -0.3 is 9.73 Å². The first-order valence-corrected chi connectivity index (χ1v) is 7.22. The van der Waals surface area contributed by atoms with E-state index in [1.54, 1.807) is 6.26 Å². The molecule has 0 saturated heterocycles. The Labute approximate surface area is 102 Å². The second kappa shape index (κ2) is 6.36. The fraction of sp³-hybridized carbons (Fsp3) is 0.692. The Morgan fingerprint density at radius 2 is 2.25 bits per heavy atom.